The predicted molar refractivity (Wildman–Crippen MR) is 77.5 cm³/mol. The lowest BCUT2D eigenvalue weighted by atomic mass is 10.1. The highest BCUT2D eigenvalue weighted by Crippen LogP contribution is 2.25. The second-order valence-corrected chi connectivity index (χ2v) is 4.97. The zero-order valence-corrected chi connectivity index (χ0v) is 11.7. The molecule has 104 valence electrons. The highest BCUT2D eigenvalue weighted by atomic mass is 16.4. The Bertz CT molecular complexity index is 727. The Morgan fingerprint density at radius 1 is 1.25 bits per heavy atom. The Labute approximate surface area is 117 Å². The maximum absolute atomic E-state index is 10.3. The summed E-state index contributed by atoms with van der Waals surface area (Å²) in [5.74, 6) is 1.50. The number of aliphatic hydroxyl groups is 1. The van der Waals surface area contributed by atoms with Crippen LogP contribution >= 0.6 is 0 Å². The van der Waals surface area contributed by atoms with Gasteiger partial charge in [-0.25, -0.2) is 0 Å². The fourth-order valence-corrected chi connectivity index (χ4v) is 2.49. The number of rotatable bonds is 4. The Kier molecular flexibility index (Phi) is 3.32. The van der Waals surface area contributed by atoms with Gasteiger partial charge in [0, 0.05) is 25.3 Å². The number of aryl methyl sites for hydroxylation is 2. The van der Waals surface area contributed by atoms with E-state index in [0.29, 0.717) is 12.2 Å². The molecule has 0 fully saturated rings. The molecule has 0 saturated heterocycles. The van der Waals surface area contributed by atoms with Crippen LogP contribution in [0.15, 0.2) is 40.8 Å². The molecule has 0 saturated carbocycles. The van der Waals surface area contributed by atoms with Gasteiger partial charge in [0.1, 0.15) is 17.6 Å². The van der Waals surface area contributed by atoms with Gasteiger partial charge in [-0.2, -0.15) is 5.10 Å². The lowest BCUT2D eigenvalue weighted by Gasteiger charge is -2.05. The van der Waals surface area contributed by atoms with E-state index in [1.165, 1.54) is 0 Å². The summed E-state index contributed by atoms with van der Waals surface area (Å²) in [5.41, 5.74) is 1.97. The predicted octanol–water partition coefficient (Wildman–Crippen LogP) is 3.00. The van der Waals surface area contributed by atoms with Crippen molar-refractivity contribution in [3.63, 3.8) is 0 Å². The molecular formula is C16H18N2O2. The fraction of sp³-hybridized carbons (Fsp3) is 0.312. The minimum atomic E-state index is -0.659. The van der Waals surface area contributed by atoms with Gasteiger partial charge in [-0.05, 0) is 18.2 Å². The first-order valence-corrected chi connectivity index (χ1v) is 6.86. The minimum absolute atomic E-state index is 0.456. The monoisotopic (exact) mass is 270 g/mol. The Balaban J connectivity index is 1.89. The van der Waals surface area contributed by atoms with E-state index in [9.17, 15) is 5.11 Å². The van der Waals surface area contributed by atoms with Crippen LogP contribution in [0.25, 0.3) is 10.9 Å². The largest absolute Gasteiger partial charge is 0.463 e. The zero-order valence-electron chi connectivity index (χ0n) is 11.7. The van der Waals surface area contributed by atoms with Crippen LogP contribution in [0.4, 0.5) is 0 Å². The van der Waals surface area contributed by atoms with Gasteiger partial charge in [0.15, 0.2) is 0 Å². The lowest BCUT2D eigenvalue weighted by molar-refractivity contribution is 0.147. The first-order chi connectivity index (χ1) is 9.69. The number of nitrogens with zero attached hydrogens (tertiary/aromatic N) is 2. The van der Waals surface area contributed by atoms with E-state index in [0.717, 1.165) is 28.8 Å². The van der Waals surface area contributed by atoms with Crippen molar-refractivity contribution >= 4 is 10.9 Å². The third kappa shape index (κ3) is 2.23. The number of fused-ring (bicyclic) bond motifs is 1. The third-order valence-electron chi connectivity index (χ3n) is 3.58. The van der Waals surface area contributed by atoms with Gasteiger partial charge in [0.05, 0.1) is 11.2 Å². The van der Waals surface area contributed by atoms with E-state index in [-0.39, 0.29) is 0 Å². The molecule has 1 unspecified atom stereocenters. The molecule has 0 aliphatic rings. The third-order valence-corrected chi connectivity index (χ3v) is 3.58. The molecule has 3 rings (SSSR count). The molecule has 4 nitrogen and oxygen atoms in total. The van der Waals surface area contributed by atoms with E-state index < -0.39 is 6.10 Å². The standard InChI is InChI=1S/C16H18N2O2/c1-3-11-8-9-16(20-11)15(19)10-13-12-6-4-5-7-14(12)18(2)17-13/h4-9,15,19H,3,10H2,1-2H3. The Morgan fingerprint density at radius 2 is 2.05 bits per heavy atom. The molecule has 0 bridgehead atoms. The van der Waals surface area contributed by atoms with Crippen LogP contribution < -0.4 is 0 Å². The van der Waals surface area contributed by atoms with Gasteiger partial charge < -0.3 is 9.52 Å². The molecule has 4 heteroatoms. The molecule has 2 heterocycles. The first-order valence-electron chi connectivity index (χ1n) is 6.86. The average molecular weight is 270 g/mol. The fourth-order valence-electron chi connectivity index (χ4n) is 2.49. The number of hydrogen-bond donors (Lipinski definition) is 1. The summed E-state index contributed by atoms with van der Waals surface area (Å²) in [6, 6.07) is 11.8. The summed E-state index contributed by atoms with van der Waals surface area (Å²) in [5, 5.41) is 15.9. The highest BCUT2D eigenvalue weighted by molar-refractivity contribution is 5.81. The summed E-state index contributed by atoms with van der Waals surface area (Å²) >= 11 is 0. The van der Waals surface area contributed by atoms with E-state index in [1.54, 1.807) is 0 Å². The average Bonchev–Trinajstić information content (AvgIpc) is 3.05. The van der Waals surface area contributed by atoms with E-state index >= 15 is 0 Å². The number of hydrogen-bond acceptors (Lipinski definition) is 3. The smallest absolute Gasteiger partial charge is 0.133 e. The van der Waals surface area contributed by atoms with Crippen LogP contribution in [0.2, 0.25) is 0 Å². The molecule has 2 aromatic heterocycles. The minimum Gasteiger partial charge on any atom is -0.463 e. The zero-order chi connectivity index (χ0) is 14.1. The molecular weight excluding hydrogens is 252 g/mol. The lowest BCUT2D eigenvalue weighted by Crippen LogP contribution is -2.02. The van der Waals surface area contributed by atoms with Crippen molar-refractivity contribution in [2.45, 2.75) is 25.9 Å². The molecule has 1 atom stereocenters. The molecule has 0 spiro atoms. The normalized spacial score (nSPS) is 12.9. The van der Waals surface area contributed by atoms with E-state index in [2.05, 4.69) is 5.10 Å². The van der Waals surface area contributed by atoms with Gasteiger partial charge in [-0.1, -0.05) is 25.1 Å². The van der Waals surface area contributed by atoms with Crippen LogP contribution in [0.3, 0.4) is 0 Å². The molecule has 3 aromatic rings. The molecule has 1 aromatic carbocycles. The molecule has 0 aliphatic carbocycles. The maximum Gasteiger partial charge on any atom is 0.133 e. The summed E-state index contributed by atoms with van der Waals surface area (Å²) in [7, 11) is 1.92. The van der Waals surface area contributed by atoms with Crippen LogP contribution in [-0.4, -0.2) is 14.9 Å². The van der Waals surface area contributed by atoms with Crippen molar-refractivity contribution in [1.82, 2.24) is 9.78 Å². The summed E-state index contributed by atoms with van der Waals surface area (Å²) < 4.78 is 7.45. The van der Waals surface area contributed by atoms with E-state index in [4.69, 9.17) is 4.42 Å². The Hall–Kier alpha value is -2.07. The van der Waals surface area contributed by atoms with Gasteiger partial charge in [0.2, 0.25) is 0 Å². The Morgan fingerprint density at radius 3 is 2.80 bits per heavy atom. The summed E-state index contributed by atoms with van der Waals surface area (Å²) in [4.78, 5) is 0. The van der Waals surface area contributed by atoms with Crippen molar-refractivity contribution in [2.75, 3.05) is 0 Å². The number of aliphatic hydroxyl groups excluding tert-OH is 1. The molecule has 0 radical (unpaired) electrons. The van der Waals surface area contributed by atoms with Gasteiger partial charge >= 0.3 is 0 Å². The SMILES string of the molecule is CCc1ccc(C(O)Cc2nn(C)c3ccccc23)o1. The maximum atomic E-state index is 10.3. The molecule has 1 N–H and O–H groups in total. The topological polar surface area (TPSA) is 51.2 Å². The molecule has 0 aliphatic heterocycles. The second kappa shape index (κ2) is 5.13. The van der Waals surface area contributed by atoms with Crippen molar-refractivity contribution < 1.29 is 9.52 Å². The van der Waals surface area contributed by atoms with Crippen molar-refractivity contribution in [1.29, 1.82) is 0 Å². The summed E-state index contributed by atoms with van der Waals surface area (Å²) in [6.45, 7) is 2.03. The quantitative estimate of drug-likeness (QED) is 0.793. The number of benzene rings is 1. The number of furan rings is 1. The van der Waals surface area contributed by atoms with Gasteiger partial charge in [0.25, 0.3) is 0 Å². The van der Waals surface area contributed by atoms with Crippen LogP contribution in [-0.2, 0) is 19.9 Å². The molecule has 0 amide bonds. The number of para-hydroxylation sites is 1. The van der Waals surface area contributed by atoms with Crippen LogP contribution in [0, 0.1) is 0 Å². The van der Waals surface area contributed by atoms with Crippen LogP contribution in [0.5, 0.6) is 0 Å². The second-order valence-electron chi connectivity index (χ2n) is 4.97. The number of aromatic nitrogens is 2. The van der Waals surface area contributed by atoms with Crippen LogP contribution in [0.1, 0.15) is 30.2 Å². The first kappa shape index (κ1) is 12.9. The summed E-state index contributed by atoms with van der Waals surface area (Å²) in [6.07, 6.45) is 0.630. The van der Waals surface area contributed by atoms with Gasteiger partial charge in [-0.15, -0.1) is 0 Å². The van der Waals surface area contributed by atoms with E-state index in [1.807, 2.05) is 55.1 Å². The van der Waals surface area contributed by atoms with Crippen molar-refractivity contribution in [3.8, 4) is 0 Å². The molecule has 20 heavy (non-hydrogen) atoms. The van der Waals surface area contributed by atoms with Gasteiger partial charge in [-0.3, -0.25) is 4.68 Å². The van der Waals surface area contributed by atoms with Crippen molar-refractivity contribution in [2.24, 2.45) is 7.05 Å². The highest BCUT2D eigenvalue weighted by Gasteiger charge is 2.17. The van der Waals surface area contributed by atoms with Crippen molar-refractivity contribution in [3.05, 3.63) is 53.6 Å².